The number of ketones is 3. The molecule has 1 aliphatic carbocycles. The molecule has 0 aromatic carbocycles. The molecule has 1 heterocycles. The number of rotatable bonds is 1. The quantitative estimate of drug-likeness (QED) is 0.183. The Labute approximate surface area is 88.6 Å². The van der Waals surface area contributed by atoms with Gasteiger partial charge < -0.3 is 4.74 Å². The average molecular weight is 220 g/mol. The second kappa shape index (κ2) is 3.34. The van der Waals surface area contributed by atoms with Crippen LogP contribution in [0.2, 0.25) is 0 Å². The van der Waals surface area contributed by atoms with Gasteiger partial charge in [0.15, 0.2) is 12.1 Å². The van der Waals surface area contributed by atoms with Crippen molar-refractivity contribution in [2.45, 2.75) is 0 Å². The first-order chi connectivity index (χ1) is 7.56. The molecule has 0 N–H and O–H groups in total. The maximum atomic E-state index is 11.5. The Morgan fingerprint density at radius 3 is 2.38 bits per heavy atom. The lowest BCUT2D eigenvalue weighted by atomic mass is 9.85. The Balaban J connectivity index is 2.50. The van der Waals surface area contributed by atoms with E-state index in [9.17, 15) is 24.0 Å². The van der Waals surface area contributed by atoms with Gasteiger partial charge in [0.2, 0.25) is 5.78 Å². The third-order valence-electron chi connectivity index (χ3n) is 2.27. The van der Waals surface area contributed by atoms with Gasteiger partial charge in [-0.15, -0.1) is 0 Å². The standard InChI is InChI=1S/C10H4O6/c11-3-4-1-2-5-6(7(4)12)8(13)9(14)10(15)16-5/h1-3,6H. The average Bonchev–Trinajstić information content (AvgIpc) is 2.26. The molecule has 1 fully saturated rings. The van der Waals surface area contributed by atoms with E-state index < -0.39 is 29.2 Å². The molecule has 0 aromatic heterocycles. The van der Waals surface area contributed by atoms with Crippen LogP contribution in [0.5, 0.6) is 0 Å². The minimum absolute atomic E-state index is 0.204. The highest BCUT2D eigenvalue weighted by atomic mass is 16.5. The van der Waals surface area contributed by atoms with E-state index in [-0.39, 0.29) is 17.6 Å². The summed E-state index contributed by atoms with van der Waals surface area (Å²) in [4.78, 5) is 55.3. The Morgan fingerprint density at radius 2 is 1.75 bits per heavy atom. The third-order valence-corrected chi connectivity index (χ3v) is 2.27. The van der Waals surface area contributed by atoms with Crippen LogP contribution in [0.25, 0.3) is 0 Å². The van der Waals surface area contributed by atoms with Crippen LogP contribution in [0.4, 0.5) is 0 Å². The van der Waals surface area contributed by atoms with Crippen LogP contribution in [-0.2, 0) is 28.7 Å². The first-order valence-electron chi connectivity index (χ1n) is 4.28. The van der Waals surface area contributed by atoms with Crippen molar-refractivity contribution in [2.75, 3.05) is 0 Å². The number of Topliss-reactive ketones (excluding diaryl/α,β-unsaturated/α-hetero) is 3. The summed E-state index contributed by atoms with van der Waals surface area (Å²) in [6.07, 6.45) is 2.58. The van der Waals surface area contributed by atoms with E-state index in [4.69, 9.17) is 0 Å². The van der Waals surface area contributed by atoms with Crippen molar-refractivity contribution in [1.82, 2.24) is 0 Å². The van der Waals surface area contributed by atoms with E-state index in [1.807, 2.05) is 0 Å². The highest BCUT2D eigenvalue weighted by Crippen LogP contribution is 2.27. The Bertz CT molecular complexity index is 499. The lowest BCUT2D eigenvalue weighted by Gasteiger charge is -2.23. The Hall–Kier alpha value is -2.37. The zero-order valence-electron chi connectivity index (χ0n) is 7.76. The molecule has 0 aromatic rings. The molecule has 1 atom stereocenters. The van der Waals surface area contributed by atoms with Gasteiger partial charge in [0, 0.05) is 0 Å². The van der Waals surface area contributed by atoms with Crippen LogP contribution in [-0.4, -0.2) is 29.6 Å². The summed E-state index contributed by atoms with van der Waals surface area (Å²) in [6.45, 7) is 0. The summed E-state index contributed by atoms with van der Waals surface area (Å²) in [7, 11) is 0. The van der Waals surface area contributed by atoms with Gasteiger partial charge in [-0.05, 0) is 12.2 Å². The number of carbonyl (C=O) groups excluding carboxylic acids is 5. The number of allylic oxidation sites excluding steroid dienone is 4. The van der Waals surface area contributed by atoms with Crippen molar-refractivity contribution < 1.29 is 28.7 Å². The molecule has 6 heteroatoms. The fourth-order valence-electron chi connectivity index (χ4n) is 1.47. The number of fused-ring (bicyclic) bond motifs is 1. The van der Waals surface area contributed by atoms with E-state index in [2.05, 4.69) is 4.74 Å². The van der Waals surface area contributed by atoms with Gasteiger partial charge in [-0.2, -0.15) is 0 Å². The molecule has 1 saturated heterocycles. The predicted molar refractivity (Wildman–Crippen MR) is 46.8 cm³/mol. The van der Waals surface area contributed by atoms with Gasteiger partial charge in [0.25, 0.3) is 0 Å². The molecule has 0 amide bonds. The molecule has 80 valence electrons. The molecule has 0 bridgehead atoms. The van der Waals surface area contributed by atoms with Gasteiger partial charge in [0.05, 0.1) is 5.57 Å². The number of hydrogen-bond acceptors (Lipinski definition) is 6. The maximum Gasteiger partial charge on any atom is 0.388 e. The first-order valence-corrected chi connectivity index (χ1v) is 4.28. The molecule has 1 unspecified atom stereocenters. The summed E-state index contributed by atoms with van der Waals surface area (Å²) < 4.78 is 4.51. The number of aldehydes is 1. The molecule has 0 saturated carbocycles. The zero-order valence-corrected chi connectivity index (χ0v) is 7.76. The number of ether oxygens (including phenoxy) is 1. The molecule has 0 spiro atoms. The summed E-state index contributed by atoms with van der Waals surface area (Å²) in [5.41, 5.74) is -0.229. The van der Waals surface area contributed by atoms with Gasteiger partial charge in [0.1, 0.15) is 11.7 Å². The first kappa shape index (κ1) is 10.2. The lowest BCUT2D eigenvalue weighted by Crippen LogP contribution is -2.44. The number of carbonyl (C=O) groups is 5. The van der Waals surface area contributed by atoms with E-state index in [0.717, 1.165) is 12.2 Å². The van der Waals surface area contributed by atoms with Crippen molar-refractivity contribution in [2.24, 2.45) is 5.92 Å². The van der Waals surface area contributed by atoms with Crippen LogP contribution >= 0.6 is 0 Å². The highest BCUT2D eigenvalue weighted by Gasteiger charge is 2.46. The van der Waals surface area contributed by atoms with Gasteiger partial charge in [-0.1, -0.05) is 0 Å². The van der Waals surface area contributed by atoms with Gasteiger partial charge in [-0.25, -0.2) is 4.79 Å². The van der Waals surface area contributed by atoms with E-state index >= 15 is 0 Å². The summed E-state index contributed by atoms with van der Waals surface area (Å²) >= 11 is 0. The minimum Gasteiger partial charge on any atom is -0.424 e. The number of esters is 1. The molecular weight excluding hydrogens is 216 g/mol. The second-order valence-electron chi connectivity index (χ2n) is 3.19. The summed E-state index contributed by atoms with van der Waals surface area (Å²) in [5, 5.41) is 0. The summed E-state index contributed by atoms with van der Waals surface area (Å²) in [5.74, 6) is -6.33. The second-order valence-corrected chi connectivity index (χ2v) is 3.19. The Morgan fingerprint density at radius 1 is 1.06 bits per heavy atom. The van der Waals surface area contributed by atoms with Crippen molar-refractivity contribution in [1.29, 1.82) is 0 Å². The fourth-order valence-corrected chi connectivity index (χ4v) is 1.47. The van der Waals surface area contributed by atoms with E-state index in [1.165, 1.54) is 0 Å². The zero-order chi connectivity index (χ0) is 11.9. The molecule has 0 radical (unpaired) electrons. The van der Waals surface area contributed by atoms with Crippen molar-refractivity contribution in [3.8, 4) is 0 Å². The molecule has 2 rings (SSSR count). The smallest absolute Gasteiger partial charge is 0.388 e. The van der Waals surface area contributed by atoms with Crippen molar-refractivity contribution >= 4 is 29.6 Å². The van der Waals surface area contributed by atoms with E-state index in [0.29, 0.717) is 0 Å². The monoisotopic (exact) mass is 220 g/mol. The molecule has 2 aliphatic rings. The normalized spacial score (nSPS) is 24.4. The molecule has 1 aliphatic heterocycles. The topological polar surface area (TPSA) is 94.6 Å². The molecule has 16 heavy (non-hydrogen) atoms. The van der Waals surface area contributed by atoms with Crippen LogP contribution < -0.4 is 0 Å². The van der Waals surface area contributed by atoms with Crippen LogP contribution in [0.1, 0.15) is 0 Å². The SMILES string of the molecule is O=CC1=CC=C2OC(=O)C(=O)C(=O)C2C1=O. The maximum absolute atomic E-state index is 11.5. The lowest BCUT2D eigenvalue weighted by molar-refractivity contribution is -0.160. The van der Waals surface area contributed by atoms with Gasteiger partial charge >= 0.3 is 11.8 Å². The fraction of sp³-hybridized carbons (Fsp3) is 0.100. The van der Waals surface area contributed by atoms with Crippen molar-refractivity contribution in [3.05, 3.63) is 23.5 Å². The largest absolute Gasteiger partial charge is 0.424 e. The minimum atomic E-state index is -1.48. The molecular formula is C10H4O6. The van der Waals surface area contributed by atoms with Crippen LogP contribution in [0.3, 0.4) is 0 Å². The van der Waals surface area contributed by atoms with Crippen molar-refractivity contribution in [3.63, 3.8) is 0 Å². The number of hydrogen-bond donors (Lipinski definition) is 0. The van der Waals surface area contributed by atoms with Crippen LogP contribution in [0, 0.1) is 5.92 Å². The Kier molecular flexibility index (Phi) is 2.12. The van der Waals surface area contributed by atoms with Gasteiger partial charge in [-0.3, -0.25) is 19.2 Å². The third kappa shape index (κ3) is 1.23. The molecule has 6 nitrogen and oxygen atoms in total. The van der Waals surface area contributed by atoms with Crippen LogP contribution in [0.15, 0.2) is 23.5 Å². The predicted octanol–water partition coefficient (Wildman–Crippen LogP) is -1.11. The van der Waals surface area contributed by atoms with E-state index in [1.54, 1.807) is 0 Å². The summed E-state index contributed by atoms with van der Waals surface area (Å²) in [6, 6.07) is 0. The highest BCUT2D eigenvalue weighted by molar-refractivity contribution is 6.65.